The molecular formula is C14H12F3N5O3. The van der Waals surface area contributed by atoms with Gasteiger partial charge in [-0.2, -0.15) is 18.3 Å². The highest BCUT2D eigenvalue weighted by atomic mass is 19.4. The van der Waals surface area contributed by atoms with Crippen LogP contribution < -0.4 is 0 Å². The Morgan fingerprint density at radius 1 is 1.24 bits per heavy atom. The van der Waals surface area contributed by atoms with E-state index < -0.39 is 43.0 Å². The highest BCUT2D eigenvalue weighted by molar-refractivity contribution is 5.94. The van der Waals surface area contributed by atoms with E-state index in [0.29, 0.717) is 5.82 Å². The van der Waals surface area contributed by atoms with Crippen molar-refractivity contribution < 1.29 is 27.9 Å². The molecule has 0 bridgehead atoms. The molecule has 25 heavy (non-hydrogen) atoms. The van der Waals surface area contributed by atoms with Crippen molar-refractivity contribution in [1.82, 2.24) is 24.6 Å². The summed E-state index contributed by atoms with van der Waals surface area (Å²) in [5.74, 6) is -5.65. The molecule has 0 saturated carbocycles. The van der Waals surface area contributed by atoms with Crippen LogP contribution in [0.5, 0.6) is 0 Å². The molecule has 8 nitrogen and oxygen atoms in total. The number of aromatic nitrogens is 4. The second-order valence-corrected chi connectivity index (χ2v) is 5.55. The third kappa shape index (κ3) is 3.30. The van der Waals surface area contributed by atoms with E-state index in [-0.39, 0.29) is 5.56 Å². The summed E-state index contributed by atoms with van der Waals surface area (Å²) in [5.41, 5.74) is 0.0656. The van der Waals surface area contributed by atoms with Crippen LogP contribution in [0, 0.1) is 11.8 Å². The molecular weight excluding hydrogens is 343 g/mol. The molecule has 3 heterocycles. The molecule has 1 saturated heterocycles. The van der Waals surface area contributed by atoms with Crippen molar-refractivity contribution in [1.29, 1.82) is 0 Å². The van der Waals surface area contributed by atoms with E-state index in [0.717, 1.165) is 4.90 Å². The number of aliphatic carboxylic acids is 1. The van der Waals surface area contributed by atoms with Crippen LogP contribution >= 0.6 is 0 Å². The molecule has 0 aromatic carbocycles. The Morgan fingerprint density at radius 2 is 2.00 bits per heavy atom. The highest BCUT2D eigenvalue weighted by Gasteiger charge is 2.53. The van der Waals surface area contributed by atoms with Crippen LogP contribution in [-0.2, 0) is 4.79 Å². The molecule has 1 amide bonds. The average molecular weight is 355 g/mol. The number of carbonyl (C=O) groups excluding carboxylic acids is 1. The molecule has 2 aromatic rings. The summed E-state index contributed by atoms with van der Waals surface area (Å²) in [6.45, 7) is -1.19. The van der Waals surface area contributed by atoms with Gasteiger partial charge in [0.05, 0.1) is 17.4 Å². The van der Waals surface area contributed by atoms with Gasteiger partial charge in [0.25, 0.3) is 5.91 Å². The first-order valence-electron chi connectivity index (χ1n) is 7.17. The zero-order valence-electron chi connectivity index (χ0n) is 12.6. The van der Waals surface area contributed by atoms with Gasteiger partial charge in [-0.25, -0.2) is 14.6 Å². The van der Waals surface area contributed by atoms with Gasteiger partial charge in [0.15, 0.2) is 5.82 Å². The van der Waals surface area contributed by atoms with Gasteiger partial charge in [0.1, 0.15) is 12.7 Å². The maximum atomic E-state index is 13.0. The van der Waals surface area contributed by atoms with Crippen LogP contribution in [0.25, 0.3) is 5.82 Å². The summed E-state index contributed by atoms with van der Waals surface area (Å²) in [6, 6.07) is 2.86. The fourth-order valence-corrected chi connectivity index (χ4v) is 2.71. The number of rotatable bonds is 3. The first-order valence-corrected chi connectivity index (χ1v) is 7.17. The van der Waals surface area contributed by atoms with Crippen LogP contribution in [0.3, 0.4) is 0 Å². The quantitative estimate of drug-likeness (QED) is 0.881. The number of pyridine rings is 1. The molecule has 0 aliphatic carbocycles. The zero-order valence-corrected chi connectivity index (χ0v) is 12.6. The lowest BCUT2D eigenvalue weighted by atomic mass is 9.96. The predicted molar refractivity (Wildman–Crippen MR) is 75.7 cm³/mol. The Hall–Kier alpha value is -2.98. The topological polar surface area (TPSA) is 101 Å². The standard InChI is InChI=1S/C14H12F3N5O3/c15-14(16,17)10-5-21(4-9(10)13(24)25)12(23)8-1-2-11(19-3-8)22-7-18-6-20-22/h1-3,6-7,9-10H,4-5H2,(H,24,25)/t9-,10-/m1/s1. The van der Waals surface area contributed by atoms with E-state index in [2.05, 4.69) is 15.1 Å². The van der Waals surface area contributed by atoms with Crippen molar-refractivity contribution in [3.63, 3.8) is 0 Å². The van der Waals surface area contributed by atoms with Gasteiger partial charge in [0, 0.05) is 19.3 Å². The van der Waals surface area contributed by atoms with Crippen LogP contribution in [0.1, 0.15) is 10.4 Å². The molecule has 0 unspecified atom stereocenters. The number of carboxylic acid groups (broad SMARTS) is 1. The van der Waals surface area contributed by atoms with Crippen molar-refractivity contribution >= 4 is 11.9 Å². The third-order valence-corrected chi connectivity index (χ3v) is 3.99. The second-order valence-electron chi connectivity index (χ2n) is 5.55. The van der Waals surface area contributed by atoms with Gasteiger partial charge in [-0.3, -0.25) is 9.59 Å². The van der Waals surface area contributed by atoms with E-state index in [1.165, 1.54) is 35.7 Å². The first-order chi connectivity index (χ1) is 11.8. The van der Waals surface area contributed by atoms with Gasteiger partial charge < -0.3 is 10.0 Å². The number of hydrogen-bond acceptors (Lipinski definition) is 5. The average Bonchev–Trinajstić information content (AvgIpc) is 3.23. The van der Waals surface area contributed by atoms with E-state index in [9.17, 15) is 22.8 Å². The summed E-state index contributed by atoms with van der Waals surface area (Å²) >= 11 is 0. The molecule has 132 valence electrons. The zero-order chi connectivity index (χ0) is 18.2. The van der Waals surface area contributed by atoms with Crippen LogP contribution in [0.4, 0.5) is 13.2 Å². The molecule has 2 atom stereocenters. The maximum Gasteiger partial charge on any atom is 0.394 e. The van der Waals surface area contributed by atoms with Crippen molar-refractivity contribution in [2.45, 2.75) is 6.18 Å². The Kier molecular flexibility index (Phi) is 4.15. The largest absolute Gasteiger partial charge is 0.481 e. The number of carboxylic acids is 1. The lowest BCUT2D eigenvalue weighted by molar-refractivity contribution is -0.187. The number of halogens is 3. The molecule has 1 fully saturated rings. The maximum absolute atomic E-state index is 13.0. The molecule has 1 aliphatic rings. The van der Waals surface area contributed by atoms with Gasteiger partial charge in [-0.15, -0.1) is 0 Å². The molecule has 1 aliphatic heterocycles. The van der Waals surface area contributed by atoms with Gasteiger partial charge in [-0.05, 0) is 12.1 Å². The number of hydrogen-bond donors (Lipinski definition) is 1. The summed E-state index contributed by atoms with van der Waals surface area (Å²) < 4.78 is 40.3. The van der Waals surface area contributed by atoms with Crippen molar-refractivity contribution in [3.05, 3.63) is 36.5 Å². The smallest absolute Gasteiger partial charge is 0.394 e. The minimum atomic E-state index is -4.69. The summed E-state index contributed by atoms with van der Waals surface area (Å²) in [5, 5.41) is 12.9. The molecule has 0 spiro atoms. The van der Waals surface area contributed by atoms with Gasteiger partial charge in [0.2, 0.25) is 0 Å². The van der Waals surface area contributed by atoms with E-state index in [4.69, 9.17) is 5.11 Å². The van der Waals surface area contributed by atoms with Crippen molar-refractivity contribution in [3.8, 4) is 5.82 Å². The van der Waals surface area contributed by atoms with E-state index >= 15 is 0 Å². The number of alkyl halides is 3. The molecule has 2 aromatic heterocycles. The van der Waals surface area contributed by atoms with E-state index in [1.54, 1.807) is 0 Å². The van der Waals surface area contributed by atoms with Crippen molar-refractivity contribution in [2.24, 2.45) is 11.8 Å². The number of nitrogens with zero attached hydrogens (tertiary/aromatic N) is 5. The fraction of sp³-hybridized carbons (Fsp3) is 0.357. The number of amides is 1. The van der Waals surface area contributed by atoms with E-state index in [1.807, 2.05) is 0 Å². The Balaban J connectivity index is 1.78. The fourth-order valence-electron chi connectivity index (χ4n) is 2.71. The molecule has 3 rings (SSSR count). The Labute approximate surface area is 138 Å². The normalized spacial score (nSPS) is 20.7. The molecule has 0 radical (unpaired) electrons. The lowest BCUT2D eigenvalue weighted by Crippen LogP contribution is -2.34. The lowest BCUT2D eigenvalue weighted by Gasteiger charge is -2.18. The van der Waals surface area contributed by atoms with Crippen LogP contribution in [-0.4, -0.2) is 60.9 Å². The predicted octanol–water partition coefficient (Wildman–Crippen LogP) is 0.997. The Morgan fingerprint density at radius 3 is 2.48 bits per heavy atom. The number of carbonyl (C=O) groups is 2. The monoisotopic (exact) mass is 355 g/mol. The van der Waals surface area contributed by atoms with Gasteiger partial charge in [-0.1, -0.05) is 0 Å². The summed E-state index contributed by atoms with van der Waals surface area (Å²) in [7, 11) is 0. The van der Waals surface area contributed by atoms with Gasteiger partial charge >= 0.3 is 12.1 Å². The van der Waals surface area contributed by atoms with Crippen LogP contribution in [0.15, 0.2) is 31.0 Å². The number of likely N-dealkylation sites (tertiary alicyclic amines) is 1. The summed E-state index contributed by atoms with van der Waals surface area (Å²) in [6.07, 6.45) is -0.784. The summed E-state index contributed by atoms with van der Waals surface area (Å²) in [4.78, 5) is 32.1. The highest BCUT2D eigenvalue weighted by Crippen LogP contribution is 2.38. The third-order valence-electron chi connectivity index (χ3n) is 3.99. The van der Waals surface area contributed by atoms with Crippen molar-refractivity contribution in [2.75, 3.05) is 13.1 Å². The molecule has 11 heteroatoms. The SMILES string of the molecule is O=C(O)[C@@H]1CN(C(=O)c2ccc(-n3cncn3)nc2)C[C@H]1C(F)(F)F. The molecule has 1 N–H and O–H groups in total. The first kappa shape index (κ1) is 16.9. The minimum Gasteiger partial charge on any atom is -0.481 e. The van der Waals surface area contributed by atoms with Crippen LogP contribution in [0.2, 0.25) is 0 Å². The minimum absolute atomic E-state index is 0.0656. The Bertz CT molecular complexity index is 776. The second kappa shape index (κ2) is 6.15.